The maximum Gasteiger partial charge on any atom is 0.145 e. The van der Waals surface area contributed by atoms with Gasteiger partial charge in [-0.3, -0.25) is 0 Å². The van der Waals surface area contributed by atoms with Crippen molar-refractivity contribution in [1.82, 2.24) is 9.13 Å². The van der Waals surface area contributed by atoms with Crippen molar-refractivity contribution < 1.29 is 4.42 Å². The zero-order valence-corrected chi connectivity index (χ0v) is 27.1. The van der Waals surface area contributed by atoms with E-state index in [-0.39, 0.29) is 0 Å². The van der Waals surface area contributed by atoms with E-state index in [0.29, 0.717) is 11.1 Å². The Morgan fingerprint density at radius 3 is 1.76 bits per heavy atom. The van der Waals surface area contributed by atoms with Gasteiger partial charge in [-0.25, -0.2) is 0 Å². The normalized spacial score (nSPS) is 12.0. The molecule has 0 fully saturated rings. The van der Waals surface area contributed by atoms with Crippen LogP contribution in [-0.2, 0) is 0 Å². The standard InChI is InChI=1S/C44H22N4OS/c45-23-25-9-14-37-32(19-25)29-5-1-3-7-36(29)47(37)27-11-17-41-33(21-27)34-22-28(12-18-42(34)50-41)48-38-15-10-26(24-46)20-35(38)43-39(48)16-13-31-30-6-2-4-8-40(30)49-44(31)43/h1-22H. The SMILES string of the molecule is N#Cc1ccc2c(c1)c1ccccc1n2-c1ccc2sc3ccc(-n4c5ccc(C#N)cc5c5c6oc7ccccc7c6ccc54)cc3c2c1. The molecule has 4 heterocycles. The molecule has 50 heavy (non-hydrogen) atoms. The van der Waals surface area contributed by atoms with E-state index in [1.165, 1.54) is 20.2 Å². The number of nitriles is 2. The van der Waals surface area contributed by atoms with Crippen LogP contribution in [0.1, 0.15) is 11.1 Å². The van der Waals surface area contributed by atoms with E-state index in [4.69, 9.17) is 4.42 Å². The molecule has 0 spiro atoms. The van der Waals surface area contributed by atoms with Crippen LogP contribution in [0, 0.1) is 22.7 Å². The number of hydrogen-bond donors (Lipinski definition) is 0. The molecular weight excluding hydrogens is 633 g/mol. The topological polar surface area (TPSA) is 70.6 Å². The van der Waals surface area contributed by atoms with Gasteiger partial charge in [0, 0.05) is 58.5 Å². The lowest BCUT2D eigenvalue weighted by atomic mass is 10.1. The van der Waals surface area contributed by atoms with Crippen molar-refractivity contribution >= 4 is 97.1 Å². The Bertz CT molecular complexity index is 3360. The lowest BCUT2D eigenvalue weighted by molar-refractivity contribution is 0.673. The average Bonchev–Trinajstić information content (AvgIpc) is 3.91. The molecule has 0 amide bonds. The first-order valence-corrected chi connectivity index (χ1v) is 17.2. The number of nitrogens with zero attached hydrogens (tertiary/aromatic N) is 4. The minimum Gasteiger partial charge on any atom is -0.455 e. The predicted molar refractivity (Wildman–Crippen MR) is 205 cm³/mol. The molecule has 0 N–H and O–H groups in total. The Labute approximate surface area is 288 Å². The molecule has 0 aliphatic rings. The monoisotopic (exact) mass is 654 g/mol. The summed E-state index contributed by atoms with van der Waals surface area (Å²) in [6.45, 7) is 0. The summed E-state index contributed by atoms with van der Waals surface area (Å²) < 4.78 is 13.6. The zero-order valence-electron chi connectivity index (χ0n) is 26.3. The number of benzene rings is 7. The molecule has 0 bridgehead atoms. The molecule has 230 valence electrons. The van der Waals surface area contributed by atoms with Gasteiger partial charge >= 0.3 is 0 Å². The van der Waals surface area contributed by atoms with Crippen molar-refractivity contribution in [1.29, 1.82) is 10.5 Å². The van der Waals surface area contributed by atoms with Gasteiger partial charge < -0.3 is 13.6 Å². The summed E-state index contributed by atoms with van der Waals surface area (Å²) in [6, 6.07) is 50.8. The van der Waals surface area contributed by atoms with Gasteiger partial charge in [0.05, 0.1) is 50.7 Å². The summed E-state index contributed by atoms with van der Waals surface area (Å²) in [4.78, 5) is 0. The zero-order chi connectivity index (χ0) is 33.1. The Balaban J connectivity index is 1.18. The second-order valence-corrected chi connectivity index (χ2v) is 13.9. The fourth-order valence-electron chi connectivity index (χ4n) is 7.99. The van der Waals surface area contributed by atoms with Gasteiger partial charge in [0.2, 0.25) is 0 Å². The van der Waals surface area contributed by atoms with Gasteiger partial charge in [-0.1, -0.05) is 36.4 Å². The van der Waals surface area contributed by atoms with E-state index in [0.717, 1.165) is 76.9 Å². The van der Waals surface area contributed by atoms with Crippen molar-refractivity contribution in [2.75, 3.05) is 0 Å². The number of thiophene rings is 1. The lowest BCUT2D eigenvalue weighted by Gasteiger charge is -2.10. The Morgan fingerprint density at radius 1 is 0.460 bits per heavy atom. The summed E-state index contributed by atoms with van der Waals surface area (Å²) in [7, 11) is 0. The van der Waals surface area contributed by atoms with Crippen LogP contribution in [0.4, 0.5) is 0 Å². The Morgan fingerprint density at radius 2 is 1.04 bits per heavy atom. The van der Waals surface area contributed by atoms with E-state index in [1.807, 2.05) is 42.5 Å². The van der Waals surface area contributed by atoms with Gasteiger partial charge in [-0.05, 0) is 97.1 Å². The second-order valence-electron chi connectivity index (χ2n) is 12.8. The van der Waals surface area contributed by atoms with Crippen LogP contribution in [0.25, 0.3) is 97.1 Å². The van der Waals surface area contributed by atoms with E-state index in [2.05, 4.69) is 112 Å². The highest BCUT2D eigenvalue weighted by atomic mass is 32.1. The first-order valence-electron chi connectivity index (χ1n) is 16.4. The summed E-state index contributed by atoms with van der Waals surface area (Å²) >= 11 is 1.80. The molecular formula is C44H22N4OS. The number of fused-ring (bicyclic) bond motifs is 13. The fraction of sp³-hybridized carbons (Fsp3) is 0. The molecule has 11 aromatic rings. The average molecular weight is 655 g/mol. The van der Waals surface area contributed by atoms with Gasteiger partial charge in [-0.15, -0.1) is 11.3 Å². The minimum absolute atomic E-state index is 0.616. The van der Waals surface area contributed by atoms with Crippen LogP contribution in [0.3, 0.4) is 0 Å². The number of rotatable bonds is 2. The number of aromatic nitrogens is 2. The summed E-state index contributed by atoms with van der Waals surface area (Å²) in [6.07, 6.45) is 0. The highest BCUT2D eigenvalue weighted by Gasteiger charge is 2.20. The fourth-order valence-corrected chi connectivity index (χ4v) is 9.05. The third kappa shape index (κ3) is 3.58. The predicted octanol–water partition coefficient (Wildman–Crippen LogP) is 11.9. The molecule has 0 aliphatic heterocycles. The highest BCUT2D eigenvalue weighted by molar-refractivity contribution is 7.25. The van der Waals surface area contributed by atoms with E-state index < -0.39 is 0 Å². The van der Waals surface area contributed by atoms with E-state index in [9.17, 15) is 10.5 Å². The number of para-hydroxylation sites is 2. The molecule has 7 aromatic carbocycles. The maximum absolute atomic E-state index is 9.85. The summed E-state index contributed by atoms with van der Waals surface area (Å²) in [5, 5.41) is 28.2. The van der Waals surface area contributed by atoms with Gasteiger partial charge in [0.1, 0.15) is 11.2 Å². The van der Waals surface area contributed by atoms with Crippen LogP contribution in [0.2, 0.25) is 0 Å². The summed E-state index contributed by atoms with van der Waals surface area (Å²) in [5.74, 6) is 0. The second kappa shape index (κ2) is 9.84. The third-order valence-electron chi connectivity index (χ3n) is 10.2. The van der Waals surface area contributed by atoms with Gasteiger partial charge in [-0.2, -0.15) is 10.5 Å². The molecule has 11 rings (SSSR count). The molecule has 0 saturated heterocycles. The largest absolute Gasteiger partial charge is 0.455 e. The van der Waals surface area contributed by atoms with Crippen LogP contribution >= 0.6 is 11.3 Å². The van der Waals surface area contributed by atoms with E-state index >= 15 is 0 Å². The van der Waals surface area contributed by atoms with Crippen molar-refractivity contribution in [2.24, 2.45) is 0 Å². The Hall–Kier alpha value is -6.86. The quantitative estimate of drug-likeness (QED) is 0.186. The summed E-state index contributed by atoms with van der Waals surface area (Å²) in [5.41, 5.74) is 9.31. The lowest BCUT2D eigenvalue weighted by Crippen LogP contribution is -1.94. The van der Waals surface area contributed by atoms with E-state index in [1.54, 1.807) is 11.3 Å². The molecule has 0 atom stereocenters. The maximum atomic E-state index is 9.85. The van der Waals surface area contributed by atoms with Crippen molar-refractivity contribution in [3.05, 3.63) is 145 Å². The van der Waals surface area contributed by atoms with Crippen LogP contribution in [-0.4, -0.2) is 9.13 Å². The molecule has 0 radical (unpaired) electrons. The highest BCUT2D eigenvalue weighted by Crippen LogP contribution is 2.43. The first kappa shape index (κ1) is 27.1. The molecule has 0 saturated carbocycles. The molecule has 5 nitrogen and oxygen atoms in total. The molecule has 0 unspecified atom stereocenters. The van der Waals surface area contributed by atoms with Crippen LogP contribution < -0.4 is 0 Å². The number of furan rings is 1. The van der Waals surface area contributed by atoms with Gasteiger partial charge in [0.25, 0.3) is 0 Å². The minimum atomic E-state index is 0.616. The third-order valence-corrected chi connectivity index (χ3v) is 11.3. The van der Waals surface area contributed by atoms with Crippen molar-refractivity contribution in [3.8, 4) is 23.5 Å². The smallest absolute Gasteiger partial charge is 0.145 e. The first-order chi connectivity index (χ1) is 24.7. The molecule has 4 aromatic heterocycles. The van der Waals surface area contributed by atoms with Crippen molar-refractivity contribution in [2.45, 2.75) is 0 Å². The van der Waals surface area contributed by atoms with Crippen LogP contribution in [0.15, 0.2) is 138 Å². The molecule has 6 heteroatoms. The molecule has 0 aliphatic carbocycles. The van der Waals surface area contributed by atoms with Crippen LogP contribution in [0.5, 0.6) is 0 Å². The number of hydrogen-bond acceptors (Lipinski definition) is 4. The Kier molecular flexibility index (Phi) is 5.34. The van der Waals surface area contributed by atoms with Crippen molar-refractivity contribution in [3.63, 3.8) is 0 Å². The van der Waals surface area contributed by atoms with Gasteiger partial charge in [0.15, 0.2) is 0 Å².